The molecule has 1 saturated heterocycles. The van der Waals surface area contributed by atoms with Gasteiger partial charge in [0.1, 0.15) is 0 Å². The zero-order valence-electron chi connectivity index (χ0n) is 12.7. The van der Waals surface area contributed by atoms with Gasteiger partial charge in [0, 0.05) is 26.1 Å². The number of nitrogens with zero attached hydrogens (tertiary/aromatic N) is 1. The maximum absolute atomic E-state index is 12.3. The number of nitrogens with one attached hydrogen (secondary N) is 1. The minimum Gasteiger partial charge on any atom is -0.393 e. The van der Waals surface area contributed by atoms with Gasteiger partial charge in [0.05, 0.1) is 18.2 Å². The van der Waals surface area contributed by atoms with Crippen LogP contribution in [0, 0.1) is 5.92 Å². The average molecular weight is 284 g/mol. The van der Waals surface area contributed by atoms with E-state index >= 15 is 0 Å². The third-order valence-corrected chi connectivity index (χ3v) is 4.76. The van der Waals surface area contributed by atoms with Gasteiger partial charge in [0.25, 0.3) is 0 Å². The maximum Gasteiger partial charge on any atom is 0.317 e. The van der Waals surface area contributed by atoms with Gasteiger partial charge >= 0.3 is 6.03 Å². The monoisotopic (exact) mass is 284 g/mol. The van der Waals surface area contributed by atoms with Crippen molar-refractivity contribution < 1.29 is 14.6 Å². The van der Waals surface area contributed by atoms with E-state index in [2.05, 4.69) is 5.32 Å². The molecule has 2 fully saturated rings. The zero-order chi connectivity index (χ0) is 14.5. The van der Waals surface area contributed by atoms with Gasteiger partial charge in [-0.2, -0.15) is 0 Å². The summed E-state index contributed by atoms with van der Waals surface area (Å²) in [5, 5.41) is 12.8. The number of amides is 2. The summed E-state index contributed by atoms with van der Waals surface area (Å²) in [5.74, 6) is 0.216. The molecular formula is C15H28N2O3. The normalized spacial score (nSPS) is 32.8. The molecule has 1 saturated carbocycles. The van der Waals surface area contributed by atoms with Gasteiger partial charge in [-0.05, 0) is 26.2 Å². The summed E-state index contributed by atoms with van der Waals surface area (Å²) in [4.78, 5) is 14.2. The molecule has 0 unspecified atom stereocenters. The lowest BCUT2D eigenvalue weighted by atomic mass is 10.0. The zero-order valence-corrected chi connectivity index (χ0v) is 12.7. The van der Waals surface area contributed by atoms with Crippen molar-refractivity contribution in [2.75, 3.05) is 20.2 Å². The Balaban J connectivity index is 1.86. The topological polar surface area (TPSA) is 61.8 Å². The molecule has 1 aliphatic heterocycles. The molecule has 0 radical (unpaired) electrons. The van der Waals surface area contributed by atoms with E-state index in [1.165, 1.54) is 12.8 Å². The van der Waals surface area contributed by atoms with Crippen molar-refractivity contribution in [1.29, 1.82) is 0 Å². The highest BCUT2D eigenvalue weighted by atomic mass is 16.5. The van der Waals surface area contributed by atoms with Gasteiger partial charge in [-0.15, -0.1) is 0 Å². The first kappa shape index (κ1) is 15.6. The number of likely N-dealkylation sites (tertiary alicyclic amines) is 1. The Kier molecular flexibility index (Phi) is 5.66. The second kappa shape index (κ2) is 7.27. The van der Waals surface area contributed by atoms with E-state index in [-0.39, 0.29) is 30.2 Å². The van der Waals surface area contributed by atoms with Crippen LogP contribution >= 0.6 is 0 Å². The van der Waals surface area contributed by atoms with Crippen molar-refractivity contribution in [3.8, 4) is 0 Å². The van der Waals surface area contributed by atoms with E-state index in [4.69, 9.17) is 4.74 Å². The first-order chi connectivity index (χ1) is 9.61. The summed E-state index contributed by atoms with van der Waals surface area (Å²) in [6.45, 7) is 3.21. The number of urea groups is 1. The molecule has 0 aromatic heterocycles. The van der Waals surface area contributed by atoms with Crippen molar-refractivity contribution in [2.24, 2.45) is 5.92 Å². The van der Waals surface area contributed by atoms with Crippen LogP contribution in [0.1, 0.15) is 45.4 Å². The molecule has 4 atom stereocenters. The lowest BCUT2D eigenvalue weighted by Gasteiger charge is -2.27. The van der Waals surface area contributed by atoms with Gasteiger partial charge in [-0.1, -0.05) is 19.3 Å². The molecule has 0 bridgehead atoms. The van der Waals surface area contributed by atoms with Crippen molar-refractivity contribution in [3.63, 3.8) is 0 Å². The van der Waals surface area contributed by atoms with Gasteiger partial charge in [-0.3, -0.25) is 0 Å². The minimum absolute atomic E-state index is 0.00194. The van der Waals surface area contributed by atoms with Crippen LogP contribution in [-0.4, -0.2) is 54.5 Å². The average Bonchev–Trinajstić information content (AvgIpc) is 2.82. The van der Waals surface area contributed by atoms with Crippen LogP contribution in [0.25, 0.3) is 0 Å². The Morgan fingerprint density at radius 1 is 1.30 bits per heavy atom. The van der Waals surface area contributed by atoms with Crippen LogP contribution in [0.5, 0.6) is 0 Å². The molecule has 0 aromatic rings. The van der Waals surface area contributed by atoms with Crippen LogP contribution in [0.3, 0.4) is 0 Å². The highest BCUT2D eigenvalue weighted by molar-refractivity contribution is 5.74. The Bertz CT molecular complexity index is 322. The van der Waals surface area contributed by atoms with Crippen molar-refractivity contribution in [2.45, 2.75) is 63.7 Å². The summed E-state index contributed by atoms with van der Waals surface area (Å²) < 4.78 is 5.53. The number of carbonyl (C=O) groups excluding carboxylic acids is 1. The smallest absolute Gasteiger partial charge is 0.317 e. The molecule has 0 spiro atoms. The number of aliphatic hydroxyl groups is 1. The van der Waals surface area contributed by atoms with Crippen LogP contribution in [0.4, 0.5) is 4.79 Å². The molecule has 20 heavy (non-hydrogen) atoms. The highest BCUT2D eigenvalue weighted by Gasteiger charge is 2.31. The standard InChI is InChI=1S/C15H28N2O3/c1-11(18)12-8-9-17(10-12)15(19)16-13-6-4-3-5-7-14(13)20-2/h11-14,18H,3-10H2,1-2H3,(H,16,19)/t11-,12+,13-,14+/m0/s1. The van der Waals surface area contributed by atoms with Gasteiger partial charge in [0.15, 0.2) is 0 Å². The third-order valence-electron chi connectivity index (χ3n) is 4.76. The molecule has 0 aromatic carbocycles. The van der Waals surface area contributed by atoms with E-state index in [1.54, 1.807) is 14.0 Å². The van der Waals surface area contributed by atoms with Crippen molar-refractivity contribution in [3.05, 3.63) is 0 Å². The predicted octanol–water partition coefficient (Wildman–Crippen LogP) is 1.75. The van der Waals surface area contributed by atoms with Crippen LogP contribution in [0.2, 0.25) is 0 Å². The first-order valence-corrected chi connectivity index (χ1v) is 7.88. The fourth-order valence-corrected chi connectivity index (χ4v) is 3.34. The Hall–Kier alpha value is -0.810. The van der Waals surface area contributed by atoms with Crippen LogP contribution in [-0.2, 0) is 4.74 Å². The second-order valence-corrected chi connectivity index (χ2v) is 6.20. The number of ether oxygens (including phenoxy) is 1. The Morgan fingerprint density at radius 3 is 2.70 bits per heavy atom. The van der Waals surface area contributed by atoms with E-state index in [0.29, 0.717) is 6.54 Å². The first-order valence-electron chi connectivity index (χ1n) is 7.88. The molecule has 2 rings (SSSR count). The number of methoxy groups -OCH3 is 1. The van der Waals surface area contributed by atoms with E-state index in [0.717, 1.165) is 32.2 Å². The second-order valence-electron chi connectivity index (χ2n) is 6.20. The number of hydrogen-bond acceptors (Lipinski definition) is 3. The largest absolute Gasteiger partial charge is 0.393 e. The summed E-state index contributed by atoms with van der Waals surface area (Å²) in [5.41, 5.74) is 0. The Labute approximate surface area is 121 Å². The van der Waals surface area contributed by atoms with Crippen LogP contribution in [0.15, 0.2) is 0 Å². The van der Waals surface area contributed by atoms with Crippen molar-refractivity contribution >= 4 is 6.03 Å². The highest BCUT2D eigenvalue weighted by Crippen LogP contribution is 2.22. The van der Waals surface area contributed by atoms with Gasteiger partial charge < -0.3 is 20.1 Å². The van der Waals surface area contributed by atoms with E-state index in [1.807, 2.05) is 4.90 Å². The molecule has 5 nitrogen and oxygen atoms in total. The molecule has 2 aliphatic rings. The van der Waals surface area contributed by atoms with E-state index < -0.39 is 0 Å². The predicted molar refractivity (Wildman–Crippen MR) is 77.6 cm³/mol. The van der Waals surface area contributed by atoms with E-state index in [9.17, 15) is 9.90 Å². The molecule has 116 valence electrons. The van der Waals surface area contributed by atoms with Crippen LogP contribution < -0.4 is 5.32 Å². The summed E-state index contributed by atoms with van der Waals surface area (Å²) >= 11 is 0. The minimum atomic E-state index is -0.336. The lowest BCUT2D eigenvalue weighted by molar-refractivity contribution is 0.0637. The number of hydrogen-bond donors (Lipinski definition) is 2. The summed E-state index contributed by atoms with van der Waals surface area (Å²) in [6.07, 6.45) is 6.27. The number of carbonyl (C=O) groups is 1. The Morgan fingerprint density at radius 2 is 2.05 bits per heavy atom. The maximum atomic E-state index is 12.3. The van der Waals surface area contributed by atoms with Gasteiger partial charge in [0.2, 0.25) is 0 Å². The SMILES string of the molecule is CO[C@@H]1CCCCC[C@@H]1NC(=O)N1CC[C@@H]([C@H](C)O)C1. The van der Waals surface area contributed by atoms with Crippen molar-refractivity contribution in [1.82, 2.24) is 10.2 Å². The molecule has 1 aliphatic carbocycles. The summed E-state index contributed by atoms with van der Waals surface area (Å²) in [7, 11) is 1.73. The van der Waals surface area contributed by atoms with Gasteiger partial charge in [-0.25, -0.2) is 4.79 Å². The number of aliphatic hydroxyl groups excluding tert-OH is 1. The molecule has 1 heterocycles. The molecule has 2 N–H and O–H groups in total. The fourth-order valence-electron chi connectivity index (χ4n) is 3.34. The molecule has 2 amide bonds. The number of rotatable bonds is 3. The third kappa shape index (κ3) is 3.85. The molecular weight excluding hydrogens is 256 g/mol. The summed E-state index contributed by atoms with van der Waals surface area (Å²) in [6, 6.07) is 0.127. The quantitative estimate of drug-likeness (QED) is 0.776. The fraction of sp³-hybridized carbons (Fsp3) is 0.933. The molecule has 5 heteroatoms. The lowest BCUT2D eigenvalue weighted by Crippen LogP contribution is -2.49.